The second-order valence-electron chi connectivity index (χ2n) is 5.94. The Morgan fingerprint density at radius 2 is 2.10 bits per heavy atom. The molecule has 1 aromatic heterocycles. The van der Waals surface area contributed by atoms with Gasteiger partial charge in [-0.2, -0.15) is 0 Å². The van der Waals surface area contributed by atoms with Crippen LogP contribution in [0.1, 0.15) is 32.0 Å². The van der Waals surface area contributed by atoms with Crippen LogP contribution in [-0.2, 0) is 12.1 Å². The highest BCUT2D eigenvalue weighted by molar-refractivity contribution is 5.54. The summed E-state index contributed by atoms with van der Waals surface area (Å²) in [5.74, 6) is 0. The van der Waals surface area contributed by atoms with E-state index in [-0.39, 0.29) is 16.1 Å². The molecule has 2 rings (SSSR count). The lowest BCUT2D eigenvalue weighted by Crippen LogP contribution is -2.22. The Morgan fingerprint density at radius 3 is 2.67 bits per heavy atom. The molecule has 0 saturated heterocycles. The van der Waals surface area contributed by atoms with Gasteiger partial charge in [0.1, 0.15) is 5.69 Å². The van der Waals surface area contributed by atoms with Crippen LogP contribution < -0.4 is 5.32 Å². The van der Waals surface area contributed by atoms with Gasteiger partial charge in [0, 0.05) is 17.3 Å². The highest BCUT2D eigenvalue weighted by Gasteiger charge is 2.15. The summed E-state index contributed by atoms with van der Waals surface area (Å²) in [6, 6.07) is 5.08. The first kappa shape index (κ1) is 15.0. The summed E-state index contributed by atoms with van der Waals surface area (Å²) in [6.07, 6.45) is 1.87. The van der Waals surface area contributed by atoms with Crippen LogP contribution >= 0.6 is 0 Å². The standard InChI is InChI=1S/C14H19N5O2/c1-10-5-6-11(7-13(10)19(20)21)15-8-12-9-18(17-16-12)14(2,3)4/h5-7,9,15H,8H2,1-4H3. The van der Waals surface area contributed by atoms with Crippen LogP contribution in [0.5, 0.6) is 0 Å². The first-order valence-corrected chi connectivity index (χ1v) is 6.68. The number of nitrogens with zero attached hydrogens (tertiary/aromatic N) is 4. The molecule has 0 aliphatic carbocycles. The van der Waals surface area contributed by atoms with E-state index in [0.29, 0.717) is 17.8 Å². The SMILES string of the molecule is Cc1ccc(NCc2cn(C(C)(C)C)nn2)cc1[N+](=O)[O-]. The average Bonchev–Trinajstić information content (AvgIpc) is 2.86. The van der Waals surface area contributed by atoms with Crippen molar-refractivity contribution in [3.63, 3.8) is 0 Å². The molecular formula is C14H19N5O2. The molecule has 0 atom stereocenters. The third-order valence-corrected chi connectivity index (χ3v) is 3.11. The maximum Gasteiger partial charge on any atom is 0.274 e. The Labute approximate surface area is 123 Å². The van der Waals surface area contributed by atoms with Crippen molar-refractivity contribution in [1.82, 2.24) is 15.0 Å². The summed E-state index contributed by atoms with van der Waals surface area (Å²) in [6.45, 7) is 8.32. The summed E-state index contributed by atoms with van der Waals surface area (Å²) in [4.78, 5) is 10.5. The van der Waals surface area contributed by atoms with Crippen molar-refractivity contribution in [2.45, 2.75) is 39.8 Å². The largest absolute Gasteiger partial charge is 0.379 e. The zero-order valence-corrected chi connectivity index (χ0v) is 12.6. The molecule has 0 unspecified atom stereocenters. The molecule has 2 aromatic rings. The summed E-state index contributed by atoms with van der Waals surface area (Å²) in [5.41, 5.74) is 2.11. The molecule has 1 N–H and O–H groups in total. The van der Waals surface area contributed by atoms with E-state index < -0.39 is 0 Å². The fraction of sp³-hybridized carbons (Fsp3) is 0.429. The molecule has 0 saturated carbocycles. The van der Waals surface area contributed by atoms with Gasteiger partial charge in [-0.25, -0.2) is 4.68 Å². The fourth-order valence-corrected chi connectivity index (χ4v) is 1.82. The predicted octanol–water partition coefficient (Wildman–Crippen LogP) is 2.86. The van der Waals surface area contributed by atoms with Gasteiger partial charge in [0.05, 0.1) is 23.2 Å². The van der Waals surface area contributed by atoms with E-state index in [9.17, 15) is 10.1 Å². The number of rotatable bonds is 4. The van der Waals surface area contributed by atoms with E-state index in [4.69, 9.17) is 0 Å². The van der Waals surface area contributed by atoms with E-state index >= 15 is 0 Å². The third-order valence-electron chi connectivity index (χ3n) is 3.11. The highest BCUT2D eigenvalue weighted by atomic mass is 16.6. The number of hydrogen-bond donors (Lipinski definition) is 1. The molecule has 112 valence electrons. The van der Waals surface area contributed by atoms with Gasteiger partial charge in [0.25, 0.3) is 5.69 Å². The zero-order valence-electron chi connectivity index (χ0n) is 12.6. The van der Waals surface area contributed by atoms with Crippen molar-refractivity contribution in [3.05, 3.63) is 45.8 Å². The van der Waals surface area contributed by atoms with Gasteiger partial charge in [0.2, 0.25) is 0 Å². The van der Waals surface area contributed by atoms with Crippen LogP contribution in [0, 0.1) is 17.0 Å². The maximum atomic E-state index is 10.9. The molecule has 0 bridgehead atoms. The minimum atomic E-state index is -0.379. The van der Waals surface area contributed by atoms with Crippen LogP contribution in [0.25, 0.3) is 0 Å². The topological polar surface area (TPSA) is 85.9 Å². The maximum absolute atomic E-state index is 10.9. The van der Waals surface area contributed by atoms with Crippen molar-refractivity contribution in [2.75, 3.05) is 5.32 Å². The van der Waals surface area contributed by atoms with Gasteiger partial charge in [-0.1, -0.05) is 11.3 Å². The Hall–Kier alpha value is -2.44. The number of nitrogens with one attached hydrogen (secondary N) is 1. The Balaban J connectivity index is 2.08. The Kier molecular flexibility index (Phi) is 3.93. The van der Waals surface area contributed by atoms with Crippen molar-refractivity contribution >= 4 is 11.4 Å². The number of benzene rings is 1. The van der Waals surface area contributed by atoms with Gasteiger partial charge in [0.15, 0.2) is 0 Å². The van der Waals surface area contributed by atoms with E-state index in [1.54, 1.807) is 17.7 Å². The second kappa shape index (κ2) is 5.51. The minimum absolute atomic E-state index is 0.110. The van der Waals surface area contributed by atoms with E-state index in [0.717, 1.165) is 5.69 Å². The molecule has 1 heterocycles. The quantitative estimate of drug-likeness (QED) is 0.691. The molecule has 0 spiro atoms. The molecule has 0 radical (unpaired) electrons. The Morgan fingerprint density at radius 1 is 1.38 bits per heavy atom. The molecular weight excluding hydrogens is 270 g/mol. The summed E-state index contributed by atoms with van der Waals surface area (Å²) in [5, 5.41) is 22.2. The van der Waals surface area contributed by atoms with Gasteiger partial charge in [-0.15, -0.1) is 5.10 Å². The lowest BCUT2D eigenvalue weighted by molar-refractivity contribution is -0.385. The summed E-state index contributed by atoms with van der Waals surface area (Å²) in [7, 11) is 0. The smallest absolute Gasteiger partial charge is 0.274 e. The van der Waals surface area contributed by atoms with Crippen molar-refractivity contribution in [1.29, 1.82) is 0 Å². The van der Waals surface area contributed by atoms with Crippen LogP contribution in [-0.4, -0.2) is 19.9 Å². The number of aromatic nitrogens is 3. The van der Waals surface area contributed by atoms with Crippen LogP contribution in [0.3, 0.4) is 0 Å². The summed E-state index contributed by atoms with van der Waals surface area (Å²) >= 11 is 0. The average molecular weight is 289 g/mol. The second-order valence-corrected chi connectivity index (χ2v) is 5.94. The van der Waals surface area contributed by atoms with Gasteiger partial charge in [-0.3, -0.25) is 10.1 Å². The molecule has 0 fully saturated rings. The van der Waals surface area contributed by atoms with Crippen molar-refractivity contribution in [3.8, 4) is 0 Å². The first-order valence-electron chi connectivity index (χ1n) is 6.68. The monoisotopic (exact) mass is 289 g/mol. The lowest BCUT2D eigenvalue weighted by Gasteiger charge is -2.17. The van der Waals surface area contributed by atoms with Crippen LogP contribution in [0.15, 0.2) is 24.4 Å². The number of aryl methyl sites for hydroxylation is 1. The first-order chi connectivity index (χ1) is 9.77. The summed E-state index contributed by atoms with van der Waals surface area (Å²) < 4.78 is 1.79. The number of anilines is 1. The van der Waals surface area contributed by atoms with Crippen molar-refractivity contribution < 1.29 is 4.92 Å². The van der Waals surface area contributed by atoms with Gasteiger partial charge in [-0.05, 0) is 33.8 Å². The molecule has 21 heavy (non-hydrogen) atoms. The number of hydrogen-bond acceptors (Lipinski definition) is 5. The lowest BCUT2D eigenvalue weighted by atomic mass is 10.1. The van der Waals surface area contributed by atoms with Crippen LogP contribution in [0.2, 0.25) is 0 Å². The van der Waals surface area contributed by atoms with E-state index in [2.05, 4.69) is 15.6 Å². The van der Waals surface area contributed by atoms with E-state index in [1.807, 2.05) is 33.0 Å². The van der Waals surface area contributed by atoms with Crippen molar-refractivity contribution in [2.24, 2.45) is 0 Å². The molecule has 0 aliphatic heterocycles. The predicted molar refractivity (Wildman–Crippen MR) is 80.2 cm³/mol. The van der Waals surface area contributed by atoms with Gasteiger partial charge >= 0.3 is 0 Å². The normalized spacial score (nSPS) is 11.4. The molecule has 0 aliphatic rings. The Bertz CT molecular complexity index is 658. The fourth-order valence-electron chi connectivity index (χ4n) is 1.82. The zero-order chi connectivity index (χ0) is 15.6. The number of nitro benzene ring substituents is 1. The third kappa shape index (κ3) is 3.56. The van der Waals surface area contributed by atoms with Crippen LogP contribution in [0.4, 0.5) is 11.4 Å². The molecule has 7 heteroatoms. The minimum Gasteiger partial charge on any atom is -0.379 e. The van der Waals surface area contributed by atoms with E-state index in [1.165, 1.54) is 6.07 Å². The molecule has 0 amide bonds. The number of nitro groups is 1. The van der Waals surface area contributed by atoms with Gasteiger partial charge < -0.3 is 5.32 Å². The molecule has 7 nitrogen and oxygen atoms in total. The molecule has 1 aromatic carbocycles. The highest BCUT2D eigenvalue weighted by Crippen LogP contribution is 2.22.